The van der Waals surface area contributed by atoms with Crippen molar-refractivity contribution in [1.29, 1.82) is 0 Å². The first kappa shape index (κ1) is 15.8. The molecule has 2 atom stereocenters. The normalized spacial score (nSPS) is 23.1. The molecule has 0 bridgehead atoms. The number of aliphatic hydroxyl groups excluding tert-OH is 1. The Kier molecular flexibility index (Phi) is 4.84. The van der Waals surface area contributed by atoms with Crippen LogP contribution in [0.4, 0.5) is 13.2 Å². The van der Waals surface area contributed by atoms with Gasteiger partial charge in [0.1, 0.15) is 11.9 Å². The van der Waals surface area contributed by atoms with Crippen LogP contribution in [0.2, 0.25) is 0 Å². The quantitative estimate of drug-likeness (QED) is 0.681. The SMILES string of the molecule is COC(=O)[C@H]1[C@@H](O)CCCN1Cc1cc(F)c(F)cc1F. The molecular formula is C14H16F3NO3. The molecule has 21 heavy (non-hydrogen) atoms. The third-order valence-electron chi connectivity index (χ3n) is 3.61. The standard InChI is InChI=1S/C14H16F3NO3/c1-21-14(20)13-12(19)3-2-4-18(13)7-8-5-10(16)11(17)6-9(8)15/h5-6,12-13,19H,2-4,7H2,1H3/t12-,13+/m0/s1. The van der Waals surface area contributed by atoms with Crippen LogP contribution in [0.3, 0.4) is 0 Å². The maximum absolute atomic E-state index is 13.7. The van der Waals surface area contributed by atoms with E-state index in [4.69, 9.17) is 0 Å². The van der Waals surface area contributed by atoms with Crippen molar-refractivity contribution in [1.82, 2.24) is 4.90 Å². The van der Waals surface area contributed by atoms with Crippen molar-refractivity contribution in [2.24, 2.45) is 0 Å². The monoisotopic (exact) mass is 303 g/mol. The Morgan fingerprint density at radius 1 is 1.33 bits per heavy atom. The average molecular weight is 303 g/mol. The Morgan fingerprint density at radius 2 is 2.00 bits per heavy atom. The van der Waals surface area contributed by atoms with E-state index in [1.807, 2.05) is 0 Å². The number of rotatable bonds is 3. The van der Waals surface area contributed by atoms with Crippen LogP contribution in [0, 0.1) is 17.5 Å². The fourth-order valence-electron chi connectivity index (χ4n) is 2.55. The minimum absolute atomic E-state index is 0.0723. The van der Waals surface area contributed by atoms with Crippen LogP contribution in [0.25, 0.3) is 0 Å². The Bertz CT molecular complexity index is 538. The number of methoxy groups -OCH3 is 1. The second-order valence-corrected chi connectivity index (χ2v) is 5.01. The summed E-state index contributed by atoms with van der Waals surface area (Å²) >= 11 is 0. The highest BCUT2D eigenvalue weighted by Crippen LogP contribution is 2.23. The summed E-state index contributed by atoms with van der Waals surface area (Å²) in [5.74, 6) is -3.94. The van der Waals surface area contributed by atoms with Crippen LogP contribution < -0.4 is 0 Å². The number of benzene rings is 1. The number of piperidine rings is 1. The third kappa shape index (κ3) is 3.36. The fourth-order valence-corrected chi connectivity index (χ4v) is 2.55. The zero-order chi connectivity index (χ0) is 15.6. The largest absolute Gasteiger partial charge is 0.468 e. The molecule has 0 radical (unpaired) electrons. The van der Waals surface area contributed by atoms with Crippen LogP contribution >= 0.6 is 0 Å². The van der Waals surface area contributed by atoms with Crippen molar-refractivity contribution in [2.75, 3.05) is 13.7 Å². The fraction of sp³-hybridized carbons (Fsp3) is 0.500. The number of ether oxygens (including phenoxy) is 1. The highest BCUT2D eigenvalue weighted by Gasteiger charge is 2.36. The Labute approximate surface area is 120 Å². The minimum atomic E-state index is -1.26. The molecule has 1 aliphatic rings. The summed E-state index contributed by atoms with van der Waals surface area (Å²) in [6.07, 6.45) is 0.107. The summed E-state index contributed by atoms with van der Waals surface area (Å²) in [4.78, 5) is 13.2. The molecule has 116 valence electrons. The first-order valence-electron chi connectivity index (χ1n) is 6.57. The van der Waals surface area contributed by atoms with Crippen molar-refractivity contribution in [3.63, 3.8) is 0 Å². The lowest BCUT2D eigenvalue weighted by Crippen LogP contribution is -2.52. The Hall–Kier alpha value is -1.60. The van der Waals surface area contributed by atoms with Gasteiger partial charge in [-0.3, -0.25) is 9.69 Å². The van der Waals surface area contributed by atoms with Gasteiger partial charge in [0.25, 0.3) is 0 Å². The predicted octanol–water partition coefficient (Wildman–Crippen LogP) is 1.60. The molecule has 2 rings (SSSR count). The molecule has 1 N–H and O–H groups in total. The molecule has 1 heterocycles. The van der Waals surface area contributed by atoms with Crippen molar-refractivity contribution in [3.8, 4) is 0 Å². The van der Waals surface area contributed by atoms with Crippen molar-refractivity contribution >= 4 is 5.97 Å². The van der Waals surface area contributed by atoms with Gasteiger partial charge >= 0.3 is 5.97 Å². The smallest absolute Gasteiger partial charge is 0.325 e. The summed E-state index contributed by atoms with van der Waals surface area (Å²) in [5.41, 5.74) is -0.0723. The second kappa shape index (κ2) is 6.44. The van der Waals surface area contributed by atoms with E-state index in [2.05, 4.69) is 4.74 Å². The molecule has 0 unspecified atom stereocenters. The highest BCUT2D eigenvalue weighted by atomic mass is 19.2. The van der Waals surface area contributed by atoms with E-state index in [1.165, 1.54) is 12.0 Å². The molecule has 0 saturated carbocycles. The van der Waals surface area contributed by atoms with Gasteiger partial charge in [0.05, 0.1) is 13.2 Å². The lowest BCUT2D eigenvalue weighted by atomic mass is 9.98. The molecule has 0 aliphatic carbocycles. The van der Waals surface area contributed by atoms with Gasteiger partial charge < -0.3 is 9.84 Å². The van der Waals surface area contributed by atoms with Gasteiger partial charge in [0, 0.05) is 18.2 Å². The first-order valence-corrected chi connectivity index (χ1v) is 6.57. The Balaban J connectivity index is 2.24. The molecule has 0 aromatic heterocycles. The van der Waals surface area contributed by atoms with E-state index < -0.39 is 35.6 Å². The van der Waals surface area contributed by atoms with E-state index in [0.717, 1.165) is 6.07 Å². The molecule has 4 nitrogen and oxygen atoms in total. The minimum Gasteiger partial charge on any atom is -0.468 e. The first-order chi connectivity index (χ1) is 9.93. The van der Waals surface area contributed by atoms with Gasteiger partial charge in [-0.05, 0) is 25.5 Å². The van der Waals surface area contributed by atoms with Gasteiger partial charge in [-0.2, -0.15) is 0 Å². The maximum atomic E-state index is 13.7. The molecule has 1 aliphatic heterocycles. The molecule has 1 saturated heterocycles. The van der Waals surface area contributed by atoms with Crippen molar-refractivity contribution in [3.05, 3.63) is 35.1 Å². The van der Waals surface area contributed by atoms with Gasteiger partial charge in [0.15, 0.2) is 11.6 Å². The van der Waals surface area contributed by atoms with E-state index in [9.17, 15) is 23.1 Å². The van der Waals surface area contributed by atoms with Crippen molar-refractivity contribution < 1.29 is 27.8 Å². The van der Waals surface area contributed by atoms with Crippen molar-refractivity contribution in [2.45, 2.75) is 31.5 Å². The van der Waals surface area contributed by atoms with E-state index in [-0.39, 0.29) is 12.1 Å². The Morgan fingerprint density at radius 3 is 2.67 bits per heavy atom. The second-order valence-electron chi connectivity index (χ2n) is 5.01. The zero-order valence-corrected chi connectivity index (χ0v) is 11.5. The summed E-state index contributed by atoms with van der Waals surface area (Å²) in [6.45, 7) is 0.315. The summed E-state index contributed by atoms with van der Waals surface area (Å²) in [5, 5.41) is 9.92. The maximum Gasteiger partial charge on any atom is 0.325 e. The number of carbonyl (C=O) groups is 1. The molecule has 1 aromatic rings. The lowest BCUT2D eigenvalue weighted by Gasteiger charge is -2.37. The van der Waals surface area contributed by atoms with Crippen LogP contribution in [0.5, 0.6) is 0 Å². The summed E-state index contributed by atoms with van der Waals surface area (Å²) in [6, 6.07) is 0.300. The third-order valence-corrected chi connectivity index (χ3v) is 3.61. The van der Waals surface area contributed by atoms with Gasteiger partial charge in [-0.15, -0.1) is 0 Å². The average Bonchev–Trinajstić information content (AvgIpc) is 2.44. The lowest BCUT2D eigenvalue weighted by molar-refractivity contribution is -0.154. The van der Waals surface area contributed by atoms with Gasteiger partial charge in [-0.1, -0.05) is 0 Å². The van der Waals surface area contributed by atoms with E-state index >= 15 is 0 Å². The molecule has 0 amide bonds. The molecule has 1 aromatic carbocycles. The number of likely N-dealkylation sites (tertiary alicyclic amines) is 1. The number of nitrogens with zero attached hydrogens (tertiary/aromatic N) is 1. The molecule has 1 fully saturated rings. The van der Waals surface area contributed by atoms with Gasteiger partial charge in [-0.25, -0.2) is 13.2 Å². The molecule has 0 spiro atoms. The van der Waals surface area contributed by atoms with E-state index in [1.54, 1.807) is 0 Å². The number of hydrogen-bond donors (Lipinski definition) is 1. The van der Waals surface area contributed by atoms with Crippen LogP contribution in [0.1, 0.15) is 18.4 Å². The predicted molar refractivity (Wildman–Crippen MR) is 67.8 cm³/mol. The van der Waals surface area contributed by atoms with Crippen LogP contribution in [-0.2, 0) is 16.1 Å². The number of hydrogen-bond acceptors (Lipinski definition) is 4. The highest BCUT2D eigenvalue weighted by molar-refractivity contribution is 5.76. The molecule has 7 heteroatoms. The van der Waals surface area contributed by atoms with Crippen LogP contribution in [0.15, 0.2) is 12.1 Å². The topological polar surface area (TPSA) is 49.8 Å². The summed E-state index contributed by atoms with van der Waals surface area (Å²) < 4.78 is 44.4. The zero-order valence-electron chi connectivity index (χ0n) is 11.5. The summed E-state index contributed by atoms with van der Waals surface area (Å²) in [7, 11) is 1.19. The van der Waals surface area contributed by atoms with Crippen LogP contribution in [-0.4, -0.2) is 41.8 Å². The number of aliphatic hydroxyl groups is 1. The van der Waals surface area contributed by atoms with Gasteiger partial charge in [0.2, 0.25) is 0 Å². The van der Waals surface area contributed by atoms with E-state index in [0.29, 0.717) is 25.5 Å². The number of esters is 1. The number of carbonyl (C=O) groups excluding carboxylic acids is 1. The number of halogens is 3. The molecular weight excluding hydrogens is 287 g/mol.